The van der Waals surface area contributed by atoms with E-state index in [1.54, 1.807) is 24.3 Å². The molecule has 0 aliphatic rings. The molecule has 18 heavy (non-hydrogen) atoms. The minimum Gasteiger partial charge on any atom is -0.494 e. The third-order valence-corrected chi connectivity index (χ3v) is 2.35. The summed E-state index contributed by atoms with van der Waals surface area (Å²) in [6.45, 7) is 0.858. The molecule has 0 saturated carbocycles. The fourth-order valence-electron chi connectivity index (χ4n) is 1.46. The molecule has 0 aromatic heterocycles. The Hall–Kier alpha value is -1.75. The molecule has 0 radical (unpaired) electrons. The van der Waals surface area contributed by atoms with Crippen molar-refractivity contribution in [2.45, 2.75) is 25.7 Å². The number of carboxylic acid groups (broad SMARTS) is 1. The lowest BCUT2D eigenvalue weighted by Gasteiger charge is -2.06. The molecule has 1 rings (SSSR count). The van der Waals surface area contributed by atoms with E-state index >= 15 is 0 Å². The van der Waals surface area contributed by atoms with Gasteiger partial charge in [0, 0.05) is 6.61 Å². The monoisotopic (exact) mass is 254 g/mol. The lowest BCUT2D eigenvalue weighted by Crippen LogP contribution is -2.03. The molecule has 1 aromatic rings. The van der Waals surface area contributed by atoms with Crippen molar-refractivity contribution in [2.75, 3.05) is 13.2 Å². The zero-order chi connectivity index (χ0) is 13.2. The summed E-state index contributed by atoms with van der Waals surface area (Å²) in [7, 11) is 0. The Bertz CT molecular complexity index is 347. The average molecular weight is 254 g/mol. The maximum absolute atomic E-state index is 10.3. The van der Waals surface area contributed by atoms with Crippen LogP contribution in [0.15, 0.2) is 24.3 Å². The van der Waals surface area contributed by atoms with Crippen molar-refractivity contribution in [3.05, 3.63) is 24.3 Å². The number of unbranched alkanes of at least 4 members (excludes halogenated alkanes) is 3. The topological polar surface area (TPSA) is 76.0 Å². The van der Waals surface area contributed by atoms with Crippen molar-refractivity contribution in [1.82, 2.24) is 0 Å². The van der Waals surface area contributed by atoms with Crippen LogP contribution in [0.5, 0.6) is 11.5 Å². The zero-order valence-electron chi connectivity index (χ0n) is 10.2. The van der Waals surface area contributed by atoms with Crippen molar-refractivity contribution in [3.63, 3.8) is 0 Å². The van der Waals surface area contributed by atoms with Crippen molar-refractivity contribution in [3.8, 4) is 11.5 Å². The molecule has 100 valence electrons. The molecule has 0 fully saturated rings. The lowest BCUT2D eigenvalue weighted by molar-refractivity contribution is 0.144. The van der Waals surface area contributed by atoms with E-state index in [0.717, 1.165) is 25.7 Å². The van der Waals surface area contributed by atoms with Crippen molar-refractivity contribution in [2.24, 2.45) is 0 Å². The summed E-state index contributed by atoms with van der Waals surface area (Å²) in [5.74, 6) is 0.965. The largest absolute Gasteiger partial charge is 0.511 e. The Morgan fingerprint density at radius 3 is 2.22 bits per heavy atom. The van der Waals surface area contributed by atoms with Gasteiger partial charge >= 0.3 is 6.16 Å². The van der Waals surface area contributed by atoms with E-state index in [1.165, 1.54) is 0 Å². The van der Waals surface area contributed by atoms with Gasteiger partial charge in [-0.05, 0) is 43.5 Å². The van der Waals surface area contributed by atoms with Crippen LogP contribution in [0.1, 0.15) is 25.7 Å². The minimum atomic E-state index is -1.33. The predicted molar refractivity (Wildman–Crippen MR) is 66.1 cm³/mol. The molecule has 0 amide bonds. The molecule has 0 aliphatic heterocycles. The Kier molecular flexibility index (Phi) is 6.64. The summed E-state index contributed by atoms with van der Waals surface area (Å²) < 4.78 is 9.96. The second-order valence-corrected chi connectivity index (χ2v) is 3.83. The van der Waals surface area contributed by atoms with E-state index in [9.17, 15) is 4.79 Å². The van der Waals surface area contributed by atoms with E-state index in [2.05, 4.69) is 4.74 Å². The third-order valence-electron chi connectivity index (χ3n) is 2.35. The first-order valence-electron chi connectivity index (χ1n) is 5.97. The van der Waals surface area contributed by atoms with Gasteiger partial charge in [-0.2, -0.15) is 0 Å². The van der Waals surface area contributed by atoms with Gasteiger partial charge in [-0.25, -0.2) is 4.79 Å². The molecule has 0 heterocycles. The summed E-state index contributed by atoms with van der Waals surface area (Å²) in [5, 5.41) is 17.0. The standard InChI is InChI=1S/C13H18O5/c14-9-3-1-2-4-10-17-11-5-7-12(8-6-11)18-13(15)16/h5-8,14H,1-4,9-10H2,(H,15,16). The van der Waals surface area contributed by atoms with Crippen molar-refractivity contribution in [1.29, 1.82) is 0 Å². The molecule has 0 unspecified atom stereocenters. The Morgan fingerprint density at radius 2 is 1.61 bits per heavy atom. The highest BCUT2D eigenvalue weighted by atomic mass is 16.7. The molecule has 2 N–H and O–H groups in total. The number of benzene rings is 1. The van der Waals surface area contributed by atoms with Crippen LogP contribution < -0.4 is 9.47 Å². The van der Waals surface area contributed by atoms with E-state index in [0.29, 0.717) is 12.4 Å². The van der Waals surface area contributed by atoms with Crippen LogP contribution in [0.3, 0.4) is 0 Å². The summed E-state index contributed by atoms with van der Waals surface area (Å²) >= 11 is 0. The number of aliphatic hydroxyl groups excluding tert-OH is 1. The molecule has 0 spiro atoms. The second kappa shape index (κ2) is 8.36. The quantitative estimate of drug-likeness (QED) is 0.424. The van der Waals surface area contributed by atoms with Gasteiger partial charge in [-0.3, -0.25) is 0 Å². The molecule has 0 atom stereocenters. The summed E-state index contributed by atoms with van der Waals surface area (Å²) in [6, 6.07) is 6.45. The molecule has 1 aromatic carbocycles. The lowest BCUT2D eigenvalue weighted by atomic mass is 10.2. The SMILES string of the molecule is O=C(O)Oc1ccc(OCCCCCCO)cc1. The molecular formula is C13H18O5. The second-order valence-electron chi connectivity index (χ2n) is 3.83. The van der Waals surface area contributed by atoms with Crippen LogP contribution in [0, 0.1) is 0 Å². The van der Waals surface area contributed by atoms with Gasteiger partial charge in [0.2, 0.25) is 0 Å². The summed E-state index contributed by atoms with van der Waals surface area (Å²) in [5.41, 5.74) is 0. The maximum atomic E-state index is 10.3. The van der Waals surface area contributed by atoms with Gasteiger partial charge in [0.25, 0.3) is 0 Å². The molecular weight excluding hydrogens is 236 g/mol. The third kappa shape index (κ3) is 6.10. The predicted octanol–water partition coefficient (Wildman–Crippen LogP) is 2.67. The van der Waals surface area contributed by atoms with Gasteiger partial charge in [-0.15, -0.1) is 0 Å². The highest BCUT2D eigenvalue weighted by molar-refractivity contribution is 5.61. The minimum absolute atomic E-state index is 0.242. The molecule has 5 heteroatoms. The first-order chi connectivity index (χ1) is 8.72. The number of rotatable bonds is 8. The van der Waals surface area contributed by atoms with Crippen LogP contribution in [0.25, 0.3) is 0 Å². The van der Waals surface area contributed by atoms with Crippen LogP contribution >= 0.6 is 0 Å². The Labute approximate surface area is 106 Å². The first-order valence-corrected chi connectivity index (χ1v) is 5.97. The normalized spacial score (nSPS) is 10.1. The highest BCUT2D eigenvalue weighted by Gasteiger charge is 2.00. The Morgan fingerprint density at radius 1 is 1.00 bits per heavy atom. The molecule has 5 nitrogen and oxygen atoms in total. The molecule has 0 aliphatic carbocycles. The van der Waals surface area contributed by atoms with E-state index in [-0.39, 0.29) is 12.4 Å². The van der Waals surface area contributed by atoms with Gasteiger partial charge in [0.15, 0.2) is 0 Å². The highest BCUT2D eigenvalue weighted by Crippen LogP contribution is 2.18. The maximum Gasteiger partial charge on any atom is 0.511 e. The molecule has 0 saturated heterocycles. The summed E-state index contributed by atoms with van der Waals surface area (Å²) in [6.07, 6.45) is 2.48. The van der Waals surface area contributed by atoms with Gasteiger partial charge in [0.1, 0.15) is 11.5 Å². The van der Waals surface area contributed by atoms with Gasteiger partial charge < -0.3 is 19.7 Å². The van der Waals surface area contributed by atoms with Crippen LogP contribution in [-0.4, -0.2) is 29.6 Å². The number of hydrogen-bond donors (Lipinski definition) is 2. The number of carbonyl (C=O) groups is 1. The smallest absolute Gasteiger partial charge is 0.494 e. The van der Waals surface area contributed by atoms with Crippen LogP contribution in [-0.2, 0) is 0 Å². The number of hydrogen-bond acceptors (Lipinski definition) is 4. The van der Waals surface area contributed by atoms with Gasteiger partial charge in [-0.1, -0.05) is 6.42 Å². The number of ether oxygens (including phenoxy) is 2. The number of aliphatic hydroxyl groups is 1. The van der Waals surface area contributed by atoms with E-state index in [4.69, 9.17) is 14.9 Å². The Balaban J connectivity index is 2.20. The fraction of sp³-hybridized carbons (Fsp3) is 0.462. The van der Waals surface area contributed by atoms with Crippen molar-refractivity contribution >= 4 is 6.16 Å². The van der Waals surface area contributed by atoms with E-state index < -0.39 is 6.16 Å². The summed E-state index contributed by atoms with van der Waals surface area (Å²) in [4.78, 5) is 10.3. The zero-order valence-corrected chi connectivity index (χ0v) is 10.2. The van der Waals surface area contributed by atoms with Crippen molar-refractivity contribution < 1.29 is 24.5 Å². The van der Waals surface area contributed by atoms with Gasteiger partial charge in [0.05, 0.1) is 6.61 Å². The fourth-order valence-corrected chi connectivity index (χ4v) is 1.46. The first kappa shape index (κ1) is 14.3. The van der Waals surface area contributed by atoms with E-state index in [1.807, 2.05) is 0 Å². The van der Waals surface area contributed by atoms with Crippen LogP contribution in [0.2, 0.25) is 0 Å². The molecule has 0 bridgehead atoms. The van der Waals surface area contributed by atoms with Crippen LogP contribution in [0.4, 0.5) is 4.79 Å². The average Bonchev–Trinajstić information content (AvgIpc) is 2.35.